The third-order valence-electron chi connectivity index (χ3n) is 8.70. The van der Waals surface area contributed by atoms with Gasteiger partial charge in [-0.15, -0.1) is 0 Å². The minimum Gasteiger partial charge on any atom is -0.493 e. The van der Waals surface area contributed by atoms with Gasteiger partial charge in [0.2, 0.25) is 0 Å². The van der Waals surface area contributed by atoms with Crippen molar-refractivity contribution >= 4 is 10.9 Å². The first-order valence-electron chi connectivity index (χ1n) is 13.4. The number of aromatic amines is 1. The van der Waals surface area contributed by atoms with Crippen LogP contribution in [0.4, 0.5) is 0 Å². The Hall–Kier alpha value is -2.80. The molecular weight excluding hydrogens is 464 g/mol. The molecule has 198 valence electrons. The summed E-state index contributed by atoms with van der Waals surface area (Å²) in [4.78, 5) is 3.40. The number of hydrogen-bond acceptors (Lipinski definition) is 5. The van der Waals surface area contributed by atoms with Gasteiger partial charge in [-0.1, -0.05) is 50.3 Å². The summed E-state index contributed by atoms with van der Waals surface area (Å²) in [6.07, 6.45) is 6.30. The summed E-state index contributed by atoms with van der Waals surface area (Å²) in [6, 6.07) is 14.3. The largest absolute Gasteiger partial charge is 0.493 e. The van der Waals surface area contributed by atoms with Crippen LogP contribution in [-0.4, -0.2) is 56.7 Å². The maximum atomic E-state index is 10.7. The zero-order chi connectivity index (χ0) is 26.0. The van der Waals surface area contributed by atoms with E-state index in [1.165, 1.54) is 22.9 Å². The van der Waals surface area contributed by atoms with Crippen molar-refractivity contribution in [3.8, 4) is 11.5 Å². The topological polar surface area (TPSA) is 75.7 Å². The van der Waals surface area contributed by atoms with Crippen LogP contribution in [0.15, 0.2) is 60.3 Å². The van der Waals surface area contributed by atoms with Gasteiger partial charge in [0, 0.05) is 41.7 Å². The van der Waals surface area contributed by atoms with Gasteiger partial charge in [-0.2, -0.15) is 0 Å². The molecule has 3 aliphatic rings. The molecule has 3 aliphatic carbocycles. The predicted molar refractivity (Wildman–Crippen MR) is 147 cm³/mol. The molecule has 1 fully saturated rings. The molecule has 6 heteroatoms. The van der Waals surface area contributed by atoms with Crippen molar-refractivity contribution in [2.24, 2.45) is 17.3 Å². The Morgan fingerprint density at radius 1 is 1.05 bits per heavy atom. The van der Waals surface area contributed by atoms with Crippen molar-refractivity contribution in [3.63, 3.8) is 0 Å². The third-order valence-corrected chi connectivity index (χ3v) is 8.70. The van der Waals surface area contributed by atoms with Crippen LogP contribution in [0.5, 0.6) is 11.5 Å². The van der Waals surface area contributed by atoms with Crippen LogP contribution in [0.2, 0.25) is 0 Å². The molecule has 2 bridgehead atoms. The number of rotatable bonds is 12. The third kappa shape index (κ3) is 5.02. The molecule has 3 N–H and O–H groups in total. The second-order valence-electron chi connectivity index (χ2n) is 11.1. The normalized spacial score (nSPS) is 21.7. The van der Waals surface area contributed by atoms with Gasteiger partial charge in [-0.05, 0) is 53.4 Å². The number of para-hydroxylation sites is 2. The van der Waals surface area contributed by atoms with Crippen LogP contribution in [0.3, 0.4) is 0 Å². The molecule has 6 nitrogen and oxygen atoms in total. The smallest absolute Gasteiger partial charge is 0.164 e. The summed E-state index contributed by atoms with van der Waals surface area (Å²) in [5.41, 5.74) is 5.11. The zero-order valence-corrected chi connectivity index (χ0v) is 22.4. The molecule has 1 saturated carbocycles. The minimum absolute atomic E-state index is 0.00416. The highest BCUT2D eigenvalue weighted by molar-refractivity contribution is 5.84. The van der Waals surface area contributed by atoms with E-state index in [0.717, 1.165) is 29.2 Å². The number of hydrogen-bond donors (Lipinski definition) is 3. The quantitative estimate of drug-likeness (QED) is 0.293. The maximum Gasteiger partial charge on any atom is 0.164 e. The SMILES string of the molecule is COc1cccc([C@@H](CNC[C@@H](O)COCC2=CC[C@H]3C[C@H]2C3(C)C)c2c[nH]c3ccccc23)c1OC. The molecule has 1 heterocycles. The van der Waals surface area contributed by atoms with E-state index in [-0.39, 0.29) is 5.92 Å². The van der Waals surface area contributed by atoms with Crippen LogP contribution >= 0.6 is 0 Å². The van der Waals surface area contributed by atoms with Crippen molar-refractivity contribution in [2.75, 3.05) is 40.5 Å². The molecule has 0 unspecified atom stereocenters. The van der Waals surface area contributed by atoms with Crippen LogP contribution in [0.25, 0.3) is 10.9 Å². The Bertz CT molecular complexity index is 1250. The lowest BCUT2D eigenvalue weighted by atomic mass is 9.49. The lowest BCUT2D eigenvalue weighted by Crippen LogP contribution is -2.48. The molecule has 0 amide bonds. The van der Waals surface area contributed by atoms with Crippen LogP contribution in [0, 0.1) is 17.3 Å². The van der Waals surface area contributed by atoms with Crippen molar-refractivity contribution in [3.05, 3.63) is 71.4 Å². The second-order valence-corrected chi connectivity index (χ2v) is 11.1. The van der Waals surface area contributed by atoms with Gasteiger partial charge in [0.15, 0.2) is 11.5 Å². The van der Waals surface area contributed by atoms with Gasteiger partial charge in [0.05, 0.1) is 33.5 Å². The number of aromatic nitrogens is 1. The van der Waals surface area contributed by atoms with Crippen LogP contribution < -0.4 is 14.8 Å². The first kappa shape index (κ1) is 25.8. The van der Waals surface area contributed by atoms with E-state index in [1.54, 1.807) is 14.2 Å². The summed E-state index contributed by atoms with van der Waals surface area (Å²) < 4.78 is 17.3. The molecule has 0 aliphatic heterocycles. The maximum absolute atomic E-state index is 10.7. The molecule has 0 spiro atoms. The monoisotopic (exact) mass is 504 g/mol. The Kier molecular flexibility index (Phi) is 7.61. The lowest BCUT2D eigenvalue weighted by molar-refractivity contribution is -0.0235. The van der Waals surface area contributed by atoms with Gasteiger partial charge in [-0.25, -0.2) is 0 Å². The molecule has 0 radical (unpaired) electrons. The van der Waals surface area contributed by atoms with E-state index in [4.69, 9.17) is 14.2 Å². The number of aliphatic hydroxyl groups is 1. The highest BCUT2D eigenvalue weighted by Gasteiger charge is 2.50. The molecule has 3 aromatic rings. The summed E-state index contributed by atoms with van der Waals surface area (Å²) >= 11 is 0. The van der Waals surface area contributed by atoms with Gasteiger partial charge < -0.3 is 29.6 Å². The fourth-order valence-corrected chi connectivity index (χ4v) is 6.36. The predicted octanol–water partition coefficient (Wildman–Crippen LogP) is 5.28. The number of methoxy groups -OCH3 is 2. The molecule has 1 aromatic heterocycles. The summed E-state index contributed by atoms with van der Waals surface area (Å²) in [5.74, 6) is 2.89. The molecular formula is C31H40N2O4. The van der Waals surface area contributed by atoms with Gasteiger partial charge in [-0.3, -0.25) is 0 Å². The number of fused-ring (bicyclic) bond motifs is 2. The van der Waals surface area contributed by atoms with Crippen molar-refractivity contribution in [1.29, 1.82) is 0 Å². The first-order chi connectivity index (χ1) is 17.9. The average Bonchev–Trinajstić information content (AvgIpc) is 3.34. The Morgan fingerprint density at radius 3 is 2.65 bits per heavy atom. The molecule has 4 atom stereocenters. The number of nitrogens with one attached hydrogen (secondary N) is 2. The Labute approximate surface area is 220 Å². The summed E-state index contributed by atoms with van der Waals surface area (Å²) in [6.45, 7) is 6.77. The van der Waals surface area contributed by atoms with E-state index in [2.05, 4.69) is 60.7 Å². The zero-order valence-electron chi connectivity index (χ0n) is 22.4. The van der Waals surface area contributed by atoms with E-state index < -0.39 is 6.10 Å². The fourth-order valence-electron chi connectivity index (χ4n) is 6.36. The Balaban J connectivity index is 1.24. The highest BCUT2D eigenvalue weighted by Crippen LogP contribution is 2.59. The van der Waals surface area contributed by atoms with E-state index in [9.17, 15) is 5.11 Å². The standard InChI is InChI=1S/C31H40N2O4/c1-31(2)21-13-12-20(27(31)14-21)18-37-19-22(34)15-32-16-25(24-9-7-11-29(35-3)30(24)36-4)26-17-33-28-10-6-5-8-23(26)28/h5-12,17,21-22,25,27,32-34H,13-16,18-19H2,1-4H3/t21-,22+,25+,27+/m0/s1. The first-order valence-corrected chi connectivity index (χ1v) is 13.4. The minimum atomic E-state index is -0.581. The van der Waals surface area contributed by atoms with Crippen LogP contribution in [0.1, 0.15) is 43.7 Å². The molecule has 2 aromatic carbocycles. The number of allylic oxidation sites excluding steroid dienone is 1. The fraction of sp³-hybridized carbons (Fsp3) is 0.484. The molecule has 37 heavy (non-hydrogen) atoms. The molecule has 0 saturated heterocycles. The summed E-state index contributed by atoms with van der Waals surface area (Å²) in [5, 5.41) is 15.3. The number of aliphatic hydroxyl groups excluding tert-OH is 1. The number of H-pyrrole nitrogens is 1. The van der Waals surface area contributed by atoms with Gasteiger partial charge >= 0.3 is 0 Å². The van der Waals surface area contributed by atoms with Crippen molar-refractivity contribution in [2.45, 2.75) is 38.7 Å². The van der Waals surface area contributed by atoms with Crippen molar-refractivity contribution < 1.29 is 19.3 Å². The number of ether oxygens (including phenoxy) is 3. The highest BCUT2D eigenvalue weighted by atomic mass is 16.5. The molecule has 6 rings (SSSR count). The van der Waals surface area contributed by atoms with Crippen molar-refractivity contribution in [1.82, 2.24) is 10.3 Å². The van der Waals surface area contributed by atoms with E-state index in [1.807, 2.05) is 18.2 Å². The second kappa shape index (κ2) is 10.9. The lowest BCUT2D eigenvalue weighted by Gasteiger charge is -2.56. The van der Waals surface area contributed by atoms with Crippen LogP contribution in [-0.2, 0) is 4.74 Å². The summed E-state index contributed by atoms with van der Waals surface area (Å²) in [7, 11) is 3.33. The average molecular weight is 505 g/mol. The Morgan fingerprint density at radius 2 is 1.89 bits per heavy atom. The van der Waals surface area contributed by atoms with E-state index in [0.29, 0.717) is 43.4 Å². The van der Waals surface area contributed by atoms with Gasteiger partial charge in [0.25, 0.3) is 0 Å². The van der Waals surface area contributed by atoms with Gasteiger partial charge in [0.1, 0.15) is 0 Å². The van der Waals surface area contributed by atoms with E-state index >= 15 is 0 Å². The number of benzene rings is 2.